The first-order valence-electron chi connectivity index (χ1n) is 16.2. The molecule has 0 atom stereocenters. The summed E-state index contributed by atoms with van der Waals surface area (Å²) in [7, 11) is 1.55. The van der Waals surface area contributed by atoms with Crippen LogP contribution >= 0.6 is 23.5 Å². The van der Waals surface area contributed by atoms with Gasteiger partial charge in [-0.15, -0.1) is 0 Å². The number of unbranched alkanes of at least 4 members (excludes halogenated alkanes) is 2. The van der Waals surface area contributed by atoms with Crippen molar-refractivity contribution in [2.45, 2.75) is 42.4 Å². The van der Waals surface area contributed by atoms with Crippen LogP contribution in [-0.4, -0.2) is 55.7 Å². The number of carbonyl (C=O) groups excluding carboxylic acids is 4. The number of hydrogen-bond donors (Lipinski definition) is 0. The summed E-state index contributed by atoms with van der Waals surface area (Å²) in [5.74, 6) is 0.970. The Bertz CT molecular complexity index is 1710. The highest BCUT2D eigenvalue weighted by molar-refractivity contribution is 8.14. The Morgan fingerprint density at radius 2 is 1.22 bits per heavy atom. The zero-order chi connectivity index (χ0) is 36.8. The van der Waals surface area contributed by atoms with Crippen molar-refractivity contribution in [3.05, 3.63) is 115 Å². The first-order chi connectivity index (χ1) is 24.7. The van der Waals surface area contributed by atoms with E-state index in [-0.39, 0.29) is 10.2 Å². The van der Waals surface area contributed by atoms with E-state index in [0.717, 1.165) is 68.6 Å². The molecule has 9 nitrogen and oxygen atoms in total. The summed E-state index contributed by atoms with van der Waals surface area (Å²) in [6.45, 7) is 10.2. The minimum absolute atomic E-state index is 0.121. The first-order valence-corrected chi connectivity index (χ1v) is 17.9. The number of benzene rings is 3. The Morgan fingerprint density at radius 1 is 0.647 bits per heavy atom. The van der Waals surface area contributed by atoms with Crippen LogP contribution in [0, 0.1) is 6.92 Å². The lowest BCUT2D eigenvalue weighted by molar-refractivity contribution is -0.138. The zero-order valence-corrected chi connectivity index (χ0v) is 30.4. The molecule has 0 saturated heterocycles. The molecule has 3 aromatic rings. The number of carbonyl (C=O) groups is 4. The van der Waals surface area contributed by atoms with E-state index in [0.29, 0.717) is 62.9 Å². The first kappa shape index (κ1) is 40.4. The Labute approximate surface area is 307 Å². The standard InChI is InChI=1S/C40H42O9S2/c1-5-37(41)48-25-9-7-23-46-32-16-11-30(12-17-32)14-21-39(43)50-33-18-20-36(29(3)27-33)51-40(44)22-15-31-13-19-34(35(28-31)45-4)47-24-8-10-26-49-38(42)6-2/h5-6,11-22,27-28H,1-2,7-10,23-26H2,3-4H3. The highest BCUT2D eigenvalue weighted by Crippen LogP contribution is 2.31. The fourth-order valence-electron chi connectivity index (χ4n) is 4.25. The molecule has 0 aromatic heterocycles. The lowest BCUT2D eigenvalue weighted by Crippen LogP contribution is -2.05. The summed E-state index contributed by atoms with van der Waals surface area (Å²) in [5, 5.41) is -0.262. The van der Waals surface area contributed by atoms with Gasteiger partial charge in [0.25, 0.3) is 0 Å². The largest absolute Gasteiger partial charge is 0.494 e. The molecule has 0 heterocycles. The zero-order valence-electron chi connectivity index (χ0n) is 28.8. The van der Waals surface area contributed by atoms with Gasteiger partial charge in [-0.3, -0.25) is 9.59 Å². The van der Waals surface area contributed by atoms with Gasteiger partial charge in [0.15, 0.2) is 11.5 Å². The molecule has 3 rings (SSSR count). The summed E-state index contributed by atoms with van der Waals surface area (Å²) in [4.78, 5) is 49.1. The van der Waals surface area contributed by atoms with Gasteiger partial charge in [-0.1, -0.05) is 43.5 Å². The molecular formula is C40H42O9S2. The molecule has 51 heavy (non-hydrogen) atoms. The van der Waals surface area contributed by atoms with Crippen molar-refractivity contribution < 1.29 is 42.9 Å². The molecule has 3 aromatic carbocycles. The second-order valence-corrected chi connectivity index (χ2v) is 12.9. The van der Waals surface area contributed by atoms with Gasteiger partial charge in [-0.2, -0.15) is 0 Å². The third-order valence-corrected chi connectivity index (χ3v) is 8.73. The lowest BCUT2D eigenvalue weighted by atomic mass is 10.2. The molecule has 0 amide bonds. The van der Waals surface area contributed by atoms with E-state index < -0.39 is 11.9 Å². The van der Waals surface area contributed by atoms with Crippen LogP contribution < -0.4 is 14.2 Å². The Hall–Kier alpha value is -5.00. The van der Waals surface area contributed by atoms with Crippen LogP contribution in [0.3, 0.4) is 0 Å². The molecule has 0 aliphatic carbocycles. The topological polar surface area (TPSA) is 114 Å². The van der Waals surface area contributed by atoms with Gasteiger partial charge in [0.05, 0.1) is 33.5 Å². The second-order valence-electron chi connectivity index (χ2n) is 10.8. The average molecular weight is 731 g/mol. The van der Waals surface area contributed by atoms with Crippen LogP contribution in [0.2, 0.25) is 0 Å². The predicted octanol–water partition coefficient (Wildman–Crippen LogP) is 8.44. The van der Waals surface area contributed by atoms with Gasteiger partial charge in [-0.25, -0.2) is 9.59 Å². The maximum atomic E-state index is 12.8. The fraction of sp³-hybridized carbons (Fsp3) is 0.250. The molecule has 0 bridgehead atoms. The van der Waals surface area contributed by atoms with Gasteiger partial charge >= 0.3 is 11.9 Å². The summed E-state index contributed by atoms with van der Waals surface area (Å²) in [6, 6.07) is 18.4. The molecule has 11 heteroatoms. The highest BCUT2D eigenvalue weighted by Gasteiger charge is 2.09. The smallest absolute Gasteiger partial charge is 0.330 e. The van der Waals surface area contributed by atoms with Gasteiger partial charge < -0.3 is 23.7 Å². The van der Waals surface area contributed by atoms with Gasteiger partial charge in [0, 0.05) is 21.9 Å². The Morgan fingerprint density at radius 3 is 1.82 bits per heavy atom. The van der Waals surface area contributed by atoms with E-state index in [2.05, 4.69) is 13.2 Å². The SMILES string of the molecule is C=CC(=O)OCCCCOc1ccc(C=CC(=O)Sc2ccc(SC(=O)C=Cc3ccc(OCCCCOC(=O)C=C)c(OC)c3)c(C)c2)cc1. The van der Waals surface area contributed by atoms with Crippen molar-refractivity contribution in [3.63, 3.8) is 0 Å². The molecular weight excluding hydrogens is 689 g/mol. The molecule has 0 aliphatic rings. The van der Waals surface area contributed by atoms with E-state index in [9.17, 15) is 19.2 Å². The van der Waals surface area contributed by atoms with Crippen LogP contribution in [0.15, 0.2) is 108 Å². The third-order valence-electron chi connectivity index (χ3n) is 6.89. The summed E-state index contributed by atoms with van der Waals surface area (Å²) in [6.07, 6.45) is 11.6. The Kier molecular flexibility index (Phi) is 18.0. The molecule has 0 saturated carbocycles. The molecule has 0 aliphatic heterocycles. The second kappa shape index (κ2) is 22.7. The normalized spacial score (nSPS) is 10.9. The van der Waals surface area contributed by atoms with Crippen molar-refractivity contribution in [2.75, 3.05) is 33.5 Å². The number of rotatable bonds is 21. The predicted molar refractivity (Wildman–Crippen MR) is 202 cm³/mol. The molecule has 0 spiro atoms. The van der Waals surface area contributed by atoms with Gasteiger partial charge in [-0.05, 0) is 127 Å². The third kappa shape index (κ3) is 15.6. The lowest BCUT2D eigenvalue weighted by Gasteiger charge is -2.11. The van der Waals surface area contributed by atoms with Crippen LogP contribution in [0.1, 0.15) is 42.4 Å². The minimum atomic E-state index is -0.442. The van der Waals surface area contributed by atoms with Crippen molar-refractivity contribution >= 4 is 57.8 Å². The van der Waals surface area contributed by atoms with Gasteiger partial charge in [0.1, 0.15) is 5.75 Å². The summed E-state index contributed by atoms with van der Waals surface area (Å²) < 4.78 is 26.9. The number of methoxy groups -OCH3 is 1. The number of aryl methyl sites for hydroxylation is 1. The fourth-order valence-corrected chi connectivity index (χ4v) is 5.70. The minimum Gasteiger partial charge on any atom is -0.494 e. The van der Waals surface area contributed by atoms with Crippen LogP contribution in [0.5, 0.6) is 17.2 Å². The Balaban J connectivity index is 1.42. The summed E-state index contributed by atoms with van der Waals surface area (Å²) >= 11 is 2.22. The number of ether oxygens (including phenoxy) is 5. The van der Waals surface area contributed by atoms with E-state index >= 15 is 0 Å². The molecule has 0 N–H and O–H groups in total. The quantitative estimate of drug-likeness (QED) is 0.0455. The van der Waals surface area contributed by atoms with Crippen LogP contribution in [-0.2, 0) is 28.7 Å². The van der Waals surface area contributed by atoms with Gasteiger partial charge in [0.2, 0.25) is 10.2 Å². The maximum Gasteiger partial charge on any atom is 0.330 e. The van der Waals surface area contributed by atoms with Crippen molar-refractivity contribution in [1.29, 1.82) is 0 Å². The molecule has 268 valence electrons. The van der Waals surface area contributed by atoms with E-state index in [1.807, 2.05) is 55.5 Å². The molecule has 0 radical (unpaired) electrons. The monoisotopic (exact) mass is 730 g/mol. The van der Waals surface area contributed by atoms with Crippen LogP contribution in [0.25, 0.3) is 12.2 Å². The molecule has 0 fully saturated rings. The average Bonchev–Trinajstić information content (AvgIpc) is 3.14. The number of esters is 2. The van der Waals surface area contributed by atoms with E-state index in [1.54, 1.807) is 31.4 Å². The van der Waals surface area contributed by atoms with E-state index in [4.69, 9.17) is 23.7 Å². The van der Waals surface area contributed by atoms with E-state index in [1.165, 1.54) is 12.2 Å². The van der Waals surface area contributed by atoms with Crippen LogP contribution in [0.4, 0.5) is 0 Å². The maximum absolute atomic E-state index is 12.8. The number of thioether (sulfide) groups is 2. The summed E-state index contributed by atoms with van der Waals surface area (Å²) in [5.41, 5.74) is 2.53. The highest BCUT2D eigenvalue weighted by atomic mass is 32.2. The van der Waals surface area contributed by atoms with Crippen molar-refractivity contribution in [3.8, 4) is 17.2 Å². The number of hydrogen-bond acceptors (Lipinski definition) is 11. The van der Waals surface area contributed by atoms with Crippen molar-refractivity contribution in [2.24, 2.45) is 0 Å². The van der Waals surface area contributed by atoms with Crippen molar-refractivity contribution in [1.82, 2.24) is 0 Å². The molecule has 0 unspecified atom stereocenters.